The number of nitrogens with one attached hydrogen (secondary N) is 1. The number of H-pyrrole nitrogens is 1. The van der Waals surface area contributed by atoms with Crippen LogP contribution in [-0.4, -0.2) is 33.3 Å². The molecule has 0 bridgehead atoms. The smallest absolute Gasteiger partial charge is 0.273 e. The van der Waals surface area contributed by atoms with E-state index in [-0.39, 0.29) is 23.8 Å². The first-order valence-electron chi connectivity index (χ1n) is 12.0. The summed E-state index contributed by atoms with van der Waals surface area (Å²) in [6, 6.07) is 8.39. The molecule has 1 saturated carbocycles. The number of hydrogen-bond acceptors (Lipinski definition) is 5. The fourth-order valence-electron chi connectivity index (χ4n) is 5.10. The standard InChI is InChI=1S/C27H30N2O5S/c1-18-16-20(23-17-21(30)8-9-24(23)34-22-6-4-3-5-7-22)10-13-27(18,2)35(32,33)29-15-12-19-11-14-28-26(31)25(19)29/h8-12,14-17,22,30H,3-7,13H2,1-2H3,(H,28,31). The maximum Gasteiger partial charge on any atom is 0.273 e. The largest absolute Gasteiger partial charge is 0.508 e. The number of rotatable bonds is 5. The van der Waals surface area contributed by atoms with Gasteiger partial charge < -0.3 is 14.8 Å². The Morgan fingerprint density at radius 2 is 1.91 bits per heavy atom. The van der Waals surface area contributed by atoms with Crippen LogP contribution in [0.3, 0.4) is 0 Å². The molecule has 0 spiro atoms. The lowest BCUT2D eigenvalue weighted by Gasteiger charge is -2.33. The highest BCUT2D eigenvalue weighted by atomic mass is 32.2. The van der Waals surface area contributed by atoms with E-state index in [4.69, 9.17) is 4.74 Å². The number of ether oxygens (including phenoxy) is 1. The third-order valence-electron chi connectivity index (χ3n) is 7.44. The predicted molar refractivity (Wildman–Crippen MR) is 137 cm³/mol. The average molecular weight is 495 g/mol. The highest BCUT2D eigenvalue weighted by Gasteiger charge is 2.43. The van der Waals surface area contributed by atoms with Gasteiger partial charge in [0.2, 0.25) is 10.0 Å². The fourth-order valence-corrected chi connectivity index (χ4v) is 6.95. The molecule has 184 valence electrons. The Bertz CT molecular complexity index is 1510. The average Bonchev–Trinajstić information content (AvgIpc) is 3.29. The molecule has 3 aromatic rings. The number of nitrogens with zero attached hydrogens (tertiary/aromatic N) is 1. The summed E-state index contributed by atoms with van der Waals surface area (Å²) in [6.07, 6.45) is 12.6. The second-order valence-electron chi connectivity index (χ2n) is 9.71. The first kappa shape index (κ1) is 23.5. The van der Waals surface area contributed by atoms with E-state index in [1.54, 1.807) is 44.2 Å². The van der Waals surface area contributed by atoms with E-state index in [0.717, 1.165) is 40.8 Å². The molecule has 1 atom stereocenters. The van der Waals surface area contributed by atoms with Gasteiger partial charge in [-0.1, -0.05) is 18.6 Å². The van der Waals surface area contributed by atoms with E-state index in [9.17, 15) is 18.3 Å². The van der Waals surface area contributed by atoms with Crippen molar-refractivity contribution in [2.45, 2.75) is 63.2 Å². The molecule has 0 aliphatic heterocycles. The summed E-state index contributed by atoms with van der Waals surface area (Å²) in [5, 5.41) is 10.8. The molecule has 1 fully saturated rings. The van der Waals surface area contributed by atoms with E-state index in [1.165, 1.54) is 18.8 Å². The molecular weight excluding hydrogens is 464 g/mol. The van der Waals surface area contributed by atoms with Gasteiger partial charge in [0.25, 0.3) is 5.56 Å². The highest BCUT2D eigenvalue weighted by Crippen LogP contribution is 2.42. The van der Waals surface area contributed by atoms with Crippen molar-refractivity contribution in [2.24, 2.45) is 0 Å². The van der Waals surface area contributed by atoms with Crippen LogP contribution in [0.25, 0.3) is 16.5 Å². The molecular formula is C27H30N2O5S. The van der Waals surface area contributed by atoms with Crippen molar-refractivity contribution in [2.75, 3.05) is 0 Å². The number of benzene rings is 1. The van der Waals surface area contributed by atoms with Crippen molar-refractivity contribution in [3.63, 3.8) is 0 Å². The van der Waals surface area contributed by atoms with Gasteiger partial charge in [-0.3, -0.25) is 4.79 Å². The molecule has 2 N–H and O–H groups in total. The molecule has 2 aliphatic carbocycles. The lowest BCUT2D eigenvalue weighted by Crippen LogP contribution is -2.41. The summed E-state index contributed by atoms with van der Waals surface area (Å²) in [4.78, 5) is 15.0. The molecule has 7 nitrogen and oxygen atoms in total. The third kappa shape index (κ3) is 3.99. The van der Waals surface area contributed by atoms with Gasteiger partial charge in [0.15, 0.2) is 0 Å². The maximum atomic E-state index is 13.8. The topological polar surface area (TPSA) is 101 Å². The van der Waals surface area contributed by atoms with Gasteiger partial charge in [-0.25, -0.2) is 12.4 Å². The molecule has 8 heteroatoms. The zero-order chi connectivity index (χ0) is 24.8. The molecule has 2 aromatic heterocycles. The number of pyridine rings is 1. The number of phenols is 1. The Balaban J connectivity index is 1.51. The highest BCUT2D eigenvalue weighted by molar-refractivity contribution is 7.91. The van der Waals surface area contributed by atoms with Crippen LogP contribution in [-0.2, 0) is 10.0 Å². The van der Waals surface area contributed by atoms with Gasteiger partial charge in [-0.2, -0.15) is 0 Å². The number of aromatic nitrogens is 2. The minimum Gasteiger partial charge on any atom is -0.508 e. The van der Waals surface area contributed by atoms with E-state index in [0.29, 0.717) is 16.7 Å². The number of aromatic amines is 1. The molecule has 2 aliphatic rings. The number of phenolic OH excluding ortho intramolecular Hbond substituents is 1. The first-order chi connectivity index (χ1) is 16.7. The van der Waals surface area contributed by atoms with Crippen LogP contribution in [0, 0.1) is 0 Å². The Kier molecular flexibility index (Phi) is 5.87. The second-order valence-corrected chi connectivity index (χ2v) is 12.0. The van der Waals surface area contributed by atoms with Crippen molar-refractivity contribution < 1.29 is 18.3 Å². The summed E-state index contributed by atoms with van der Waals surface area (Å²) in [5.74, 6) is 0.821. The molecule has 0 saturated heterocycles. The molecule has 1 unspecified atom stereocenters. The number of aromatic hydroxyl groups is 1. The van der Waals surface area contributed by atoms with Gasteiger partial charge in [0, 0.05) is 23.3 Å². The Hall–Kier alpha value is -3.26. The predicted octanol–water partition coefficient (Wildman–Crippen LogP) is 5.12. The van der Waals surface area contributed by atoms with Crippen LogP contribution in [0.2, 0.25) is 0 Å². The molecule has 5 rings (SSSR count). The van der Waals surface area contributed by atoms with Crippen molar-refractivity contribution >= 4 is 26.5 Å². The van der Waals surface area contributed by atoms with Crippen molar-refractivity contribution in [1.29, 1.82) is 0 Å². The second kappa shape index (κ2) is 8.75. The van der Waals surface area contributed by atoms with Gasteiger partial charge in [-0.05, 0) is 87.4 Å². The zero-order valence-electron chi connectivity index (χ0n) is 20.0. The first-order valence-corrected chi connectivity index (χ1v) is 13.5. The summed E-state index contributed by atoms with van der Waals surface area (Å²) < 4.78 is 33.9. The van der Waals surface area contributed by atoms with Crippen LogP contribution >= 0.6 is 0 Å². The lowest BCUT2D eigenvalue weighted by atomic mass is 9.87. The quantitative estimate of drug-likeness (QED) is 0.513. The summed E-state index contributed by atoms with van der Waals surface area (Å²) in [6.45, 7) is 3.48. The number of allylic oxidation sites excluding steroid dienone is 3. The summed E-state index contributed by atoms with van der Waals surface area (Å²) in [7, 11) is -3.96. The van der Waals surface area contributed by atoms with Crippen LogP contribution in [0.5, 0.6) is 11.5 Å². The summed E-state index contributed by atoms with van der Waals surface area (Å²) >= 11 is 0. The van der Waals surface area contributed by atoms with Gasteiger partial charge in [0.1, 0.15) is 21.8 Å². The Morgan fingerprint density at radius 1 is 1.14 bits per heavy atom. The van der Waals surface area contributed by atoms with Crippen LogP contribution in [0.4, 0.5) is 0 Å². The third-order valence-corrected chi connectivity index (χ3v) is 9.89. The number of fused-ring (bicyclic) bond motifs is 1. The molecule has 1 aromatic carbocycles. The minimum absolute atomic E-state index is 0.118. The Morgan fingerprint density at radius 3 is 2.66 bits per heavy atom. The molecule has 0 radical (unpaired) electrons. The van der Waals surface area contributed by atoms with Gasteiger partial charge >= 0.3 is 0 Å². The zero-order valence-corrected chi connectivity index (χ0v) is 20.8. The van der Waals surface area contributed by atoms with E-state index >= 15 is 0 Å². The Labute approximate surface area is 204 Å². The molecule has 35 heavy (non-hydrogen) atoms. The van der Waals surface area contributed by atoms with Crippen molar-refractivity contribution in [3.05, 3.63) is 76.4 Å². The van der Waals surface area contributed by atoms with Crippen LogP contribution in [0.15, 0.2) is 65.2 Å². The fraction of sp³-hybridized carbons (Fsp3) is 0.370. The van der Waals surface area contributed by atoms with Gasteiger partial charge in [0.05, 0.1) is 6.10 Å². The SMILES string of the molecule is CC1=CC(c2cc(O)ccc2OC2CCCCC2)=CCC1(C)S(=O)(=O)n1ccc2cc[nH]c(=O)c21. The maximum absolute atomic E-state index is 13.8. The molecule has 0 amide bonds. The normalized spacial score (nSPS) is 21.5. The van der Waals surface area contributed by atoms with Crippen LogP contribution < -0.4 is 10.3 Å². The molecule has 2 heterocycles. The van der Waals surface area contributed by atoms with Crippen molar-refractivity contribution in [3.8, 4) is 11.5 Å². The minimum atomic E-state index is -3.96. The summed E-state index contributed by atoms with van der Waals surface area (Å²) in [5.41, 5.74) is 1.88. The van der Waals surface area contributed by atoms with Gasteiger partial charge in [-0.15, -0.1) is 0 Å². The van der Waals surface area contributed by atoms with E-state index in [2.05, 4.69) is 4.98 Å². The number of hydrogen-bond donors (Lipinski definition) is 2. The van der Waals surface area contributed by atoms with E-state index < -0.39 is 20.3 Å². The van der Waals surface area contributed by atoms with Crippen LogP contribution in [0.1, 0.15) is 57.9 Å². The van der Waals surface area contributed by atoms with Crippen molar-refractivity contribution in [1.82, 2.24) is 8.96 Å². The lowest BCUT2D eigenvalue weighted by molar-refractivity contribution is 0.154. The monoisotopic (exact) mass is 494 g/mol. The van der Waals surface area contributed by atoms with E-state index in [1.807, 2.05) is 12.2 Å².